The molecule has 0 saturated carbocycles. The molecule has 1 unspecified atom stereocenters. The van der Waals surface area contributed by atoms with Crippen LogP contribution in [0.5, 0.6) is 11.5 Å². The molecule has 0 fully saturated rings. The fourth-order valence-corrected chi connectivity index (χ4v) is 4.82. The Labute approximate surface area is 197 Å². The van der Waals surface area contributed by atoms with Crippen molar-refractivity contribution in [2.75, 3.05) is 13.7 Å². The van der Waals surface area contributed by atoms with Gasteiger partial charge in [0.15, 0.2) is 17.3 Å². The highest BCUT2D eigenvalue weighted by Crippen LogP contribution is 2.46. The normalized spacial score (nSPS) is 20.2. The largest absolute Gasteiger partial charge is 0.503 e. The Balaban J connectivity index is 1.69. The van der Waals surface area contributed by atoms with E-state index in [9.17, 15) is 14.7 Å². The molecule has 2 aliphatic rings. The zero-order chi connectivity index (χ0) is 23.5. The number of ether oxygens (including phenoxy) is 2. The number of carbonyl (C=O) groups excluding carboxylic acids is 2. The standard InChI is InChI=1S/C26H26ClNO5/c1-15-22(26(31)33-12-11-16-7-4-3-5-8-16)23(24-19(28-15)9-6-10-20(24)29)17-13-18(27)25(30)21(14-17)32-2/h3-5,7-8,13-14,22-23,30H,6,9-12H2,1-2H3/t22?,23-/m0/s1. The van der Waals surface area contributed by atoms with Crippen LogP contribution >= 0.6 is 11.6 Å². The number of methoxy groups -OCH3 is 1. The Morgan fingerprint density at radius 2 is 1.97 bits per heavy atom. The summed E-state index contributed by atoms with van der Waals surface area (Å²) >= 11 is 6.27. The van der Waals surface area contributed by atoms with Gasteiger partial charge in [0.25, 0.3) is 0 Å². The second-order valence-corrected chi connectivity index (χ2v) is 8.71. The number of rotatable bonds is 6. The van der Waals surface area contributed by atoms with Gasteiger partial charge in [0.1, 0.15) is 5.92 Å². The average molecular weight is 468 g/mol. The van der Waals surface area contributed by atoms with Gasteiger partial charge in [0.2, 0.25) is 0 Å². The van der Waals surface area contributed by atoms with Crippen molar-refractivity contribution < 1.29 is 24.2 Å². The maximum absolute atomic E-state index is 13.3. The van der Waals surface area contributed by atoms with Crippen LogP contribution in [0.1, 0.15) is 43.2 Å². The van der Waals surface area contributed by atoms with E-state index in [2.05, 4.69) is 4.99 Å². The molecule has 0 aromatic heterocycles. The van der Waals surface area contributed by atoms with Crippen LogP contribution in [-0.4, -0.2) is 36.3 Å². The molecule has 1 N–H and O–H groups in total. The zero-order valence-electron chi connectivity index (χ0n) is 18.6. The van der Waals surface area contributed by atoms with Crippen LogP contribution in [-0.2, 0) is 20.7 Å². The number of aliphatic imine (C=N–C) groups is 1. The zero-order valence-corrected chi connectivity index (χ0v) is 19.4. The minimum absolute atomic E-state index is 0.0252. The number of aromatic hydroxyl groups is 1. The van der Waals surface area contributed by atoms with Crippen molar-refractivity contribution in [1.82, 2.24) is 0 Å². The van der Waals surface area contributed by atoms with Crippen molar-refractivity contribution >= 4 is 29.1 Å². The summed E-state index contributed by atoms with van der Waals surface area (Å²) in [6.45, 7) is 2.01. The maximum atomic E-state index is 13.3. The number of hydrogen-bond acceptors (Lipinski definition) is 6. The molecule has 0 amide bonds. The summed E-state index contributed by atoms with van der Waals surface area (Å²) in [5, 5.41) is 10.3. The number of halogens is 1. The number of phenols is 1. The van der Waals surface area contributed by atoms with E-state index < -0.39 is 17.8 Å². The van der Waals surface area contributed by atoms with Crippen molar-refractivity contribution in [1.29, 1.82) is 0 Å². The Morgan fingerprint density at radius 1 is 1.21 bits per heavy atom. The first-order chi connectivity index (χ1) is 15.9. The number of esters is 1. The minimum Gasteiger partial charge on any atom is -0.503 e. The average Bonchev–Trinajstić information content (AvgIpc) is 2.80. The predicted octanol–water partition coefficient (Wildman–Crippen LogP) is 5.02. The molecule has 2 atom stereocenters. The van der Waals surface area contributed by atoms with Crippen molar-refractivity contribution in [3.8, 4) is 11.5 Å². The van der Waals surface area contributed by atoms with Crippen LogP contribution in [0.15, 0.2) is 58.7 Å². The Hall–Kier alpha value is -3.12. The van der Waals surface area contributed by atoms with Gasteiger partial charge in [0.05, 0.1) is 18.7 Å². The second kappa shape index (κ2) is 9.79. The van der Waals surface area contributed by atoms with Gasteiger partial charge in [-0.3, -0.25) is 14.6 Å². The summed E-state index contributed by atoms with van der Waals surface area (Å²) < 4.78 is 10.9. The molecule has 2 aromatic rings. The SMILES string of the molecule is COc1cc([C@@H]2C3=C(CCCC3=O)N=C(C)C2C(=O)OCCc2ccccc2)cc(Cl)c1O. The third kappa shape index (κ3) is 4.67. The highest BCUT2D eigenvalue weighted by molar-refractivity contribution is 6.32. The van der Waals surface area contributed by atoms with Crippen LogP contribution in [0.25, 0.3) is 0 Å². The summed E-state index contributed by atoms with van der Waals surface area (Å²) in [4.78, 5) is 31.0. The molecule has 0 bridgehead atoms. The number of Topliss-reactive ketones (excluding diaryl/α,β-unsaturated/α-hetero) is 1. The molecule has 0 radical (unpaired) electrons. The fraction of sp³-hybridized carbons (Fsp3) is 0.346. The van der Waals surface area contributed by atoms with Gasteiger partial charge >= 0.3 is 5.97 Å². The van der Waals surface area contributed by atoms with Gasteiger partial charge in [-0.05, 0) is 43.0 Å². The van der Waals surface area contributed by atoms with Crippen molar-refractivity contribution in [3.63, 3.8) is 0 Å². The van der Waals surface area contributed by atoms with Crippen molar-refractivity contribution in [2.24, 2.45) is 10.9 Å². The highest BCUT2D eigenvalue weighted by atomic mass is 35.5. The lowest BCUT2D eigenvalue weighted by molar-refractivity contribution is -0.146. The minimum atomic E-state index is -0.771. The number of benzene rings is 2. The topological polar surface area (TPSA) is 85.2 Å². The summed E-state index contributed by atoms with van der Waals surface area (Å²) in [5.41, 5.74) is 3.52. The molecule has 1 aliphatic heterocycles. The number of nitrogens with zero attached hydrogens (tertiary/aromatic N) is 1. The summed E-state index contributed by atoms with van der Waals surface area (Å²) in [6, 6.07) is 13.0. The van der Waals surface area contributed by atoms with Gasteiger partial charge in [-0.1, -0.05) is 41.9 Å². The molecular weight excluding hydrogens is 442 g/mol. The molecule has 2 aromatic carbocycles. The fourth-order valence-electron chi connectivity index (χ4n) is 4.60. The first-order valence-corrected chi connectivity index (χ1v) is 11.4. The second-order valence-electron chi connectivity index (χ2n) is 8.30. The number of allylic oxidation sites excluding steroid dienone is 2. The quantitative estimate of drug-likeness (QED) is 0.603. The third-order valence-corrected chi connectivity index (χ3v) is 6.48. The maximum Gasteiger partial charge on any atom is 0.315 e. The van der Waals surface area contributed by atoms with Gasteiger partial charge in [-0.25, -0.2) is 0 Å². The van der Waals surface area contributed by atoms with E-state index >= 15 is 0 Å². The van der Waals surface area contributed by atoms with Gasteiger partial charge in [-0.2, -0.15) is 0 Å². The summed E-state index contributed by atoms with van der Waals surface area (Å²) in [7, 11) is 1.43. The number of ketones is 1. The predicted molar refractivity (Wildman–Crippen MR) is 126 cm³/mol. The van der Waals surface area contributed by atoms with E-state index in [0.717, 1.165) is 12.0 Å². The third-order valence-electron chi connectivity index (χ3n) is 6.20. The highest BCUT2D eigenvalue weighted by Gasteiger charge is 2.43. The molecule has 4 rings (SSSR count). The van der Waals surface area contributed by atoms with Crippen molar-refractivity contribution in [3.05, 3.63) is 69.9 Å². The molecule has 172 valence electrons. The Bertz CT molecular complexity index is 1140. The van der Waals surface area contributed by atoms with Crippen LogP contribution in [0.3, 0.4) is 0 Å². The summed E-state index contributed by atoms with van der Waals surface area (Å²) in [6.07, 6.45) is 2.40. The smallest absolute Gasteiger partial charge is 0.315 e. The van der Waals surface area contributed by atoms with Gasteiger partial charge in [0, 0.05) is 35.7 Å². The first-order valence-electron chi connectivity index (χ1n) is 11.0. The van der Waals surface area contributed by atoms with Gasteiger partial charge in [-0.15, -0.1) is 0 Å². The van der Waals surface area contributed by atoms with Crippen LogP contribution < -0.4 is 4.74 Å². The Morgan fingerprint density at radius 3 is 2.70 bits per heavy atom. The van der Waals surface area contributed by atoms with E-state index in [-0.39, 0.29) is 28.9 Å². The Kier molecular flexibility index (Phi) is 6.84. The number of phenolic OH excluding ortho intramolecular Hbond substituents is 1. The number of carbonyl (C=O) groups is 2. The monoisotopic (exact) mass is 467 g/mol. The van der Waals surface area contributed by atoms with E-state index in [1.807, 2.05) is 30.3 Å². The van der Waals surface area contributed by atoms with Crippen LogP contribution in [0.2, 0.25) is 5.02 Å². The molecular formula is C26H26ClNO5. The van der Waals surface area contributed by atoms with E-state index in [1.165, 1.54) is 7.11 Å². The molecule has 6 nitrogen and oxygen atoms in total. The lowest BCUT2D eigenvalue weighted by atomic mass is 9.71. The van der Waals surface area contributed by atoms with E-state index in [0.29, 0.717) is 41.8 Å². The van der Waals surface area contributed by atoms with E-state index in [1.54, 1.807) is 19.1 Å². The summed E-state index contributed by atoms with van der Waals surface area (Å²) in [5.74, 6) is -1.85. The first kappa shape index (κ1) is 23.1. The number of hydrogen-bond donors (Lipinski definition) is 1. The van der Waals surface area contributed by atoms with Crippen LogP contribution in [0, 0.1) is 5.92 Å². The van der Waals surface area contributed by atoms with Crippen LogP contribution in [0.4, 0.5) is 0 Å². The molecule has 1 heterocycles. The van der Waals surface area contributed by atoms with E-state index in [4.69, 9.17) is 21.1 Å². The van der Waals surface area contributed by atoms with Gasteiger partial charge < -0.3 is 14.6 Å². The molecule has 1 aliphatic carbocycles. The lowest BCUT2D eigenvalue weighted by Gasteiger charge is -2.34. The van der Waals surface area contributed by atoms with Crippen molar-refractivity contribution in [2.45, 2.75) is 38.5 Å². The molecule has 7 heteroatoms. The molecule has 0 saturated heterocycles. The molecule has 33 heavy (non-hydrogen) atoms. The molecule has 0 spiro atoms. The lowest BCUT2D eigenvalue weighted by Crippen LogP contribution is -2.37.